The number of aliphatic hydroxyl groups is 1. The van der Waals surface area contributed by atoms with Gasteiger partial charge in [-0.15, -0.1) is 0 Å². The van der Waals surface area contributed by atoms with Gasteiger partial charge in [-0.3, -0.25) is 14.4 Å². The van der Waals surface area contributed by atoms with Gasteiger partial charge in [0.05, 0.1) is 22.8 Å². The number of carbonyl (C=O) groups excluding carboxylic acids is 6. The second-order valence-electron chi connectivity index (χ2n) is 12.7. The van der Waals surface area contributed by atoms with Crippen LogP contribution in [0.3, 0.4) is 0 Å². The van der Waals surface area contributed by atoms with E-state index in [0.29, 0.717) is 0 Å². The number of amides is 1. The second kappa shape index (κ2) is 18.6. The Labute approximate surface area is 315 Å². The minimum Gasteiger partial charge on any atom is -0.463 e. The minimum atomic E-state index is -1.78. The number of hydrogen-bond donors (Lipinski definition) is 2. The molecule has 3 aromatic carbocycles. The average Bonchev–Trinajstić information content (AvgIpc) is 3.16. The van der Waals surface area contributed by atoms with Crippen molar-refractivity contribution in [2.75, 3.05) is 6.61 Å². The van der Waals surface area contributed by atoms with Crippen LogP contribution >= 0.6 is 0 Å². The third kappa shape index (κ3) is 10.5. The molecule has 1 amide bonds. The van der Waals surface area contributed by atoms with Crippen LogP contribution < -0.4 is 5.32 Å². The predicted molar refractivity (Wildman–Crippen MR) is 187 cm³/mol. The normalized spacial score (nSPS) is 27.4. The molecule has 10 unspecified atom stereocenters. The van der Waals surface area contributed by atoms with E-state index in [2.05, 4.69) is 5.32 Å². The van der Waals surface area contributed by atoms with Gasteiger partial charge in [-0.05, 0) is 43.3 Å². The van der Waals surface area contributed by atoms with Crippen LogP contribution in [0.2, 0.25) is 0 Å². The molecule has 292 valence electrons. The maximum absolute atomic E-state index is 13.7. The van der Waals surface area contributed by atoms with Crippen molar-refractivity contribution >= 4 is 35.8 Å². The van der Waals surface area contributed by atoms with E-state index in [0.717, 1.165) is 20.8 Å². The van der Waals surface area contributed by atoms with Gasteiger partial charge in [0.25, 0.3) is 0 Å². The van der Waals surface area contributed by atoms with Gasteiger partial charge in [-0.2, -0.15) is 0 Å². The molecule has 2 saturated heterocycles. The Balaban J connectivity index is 1.60. The van der Waals surface area contributed by atoms with Crippen LogP contribution in [0.5, 0.6) is 0 Å². The zero-order valence-electron chi connectivity index (χ0n) is 30.3. The van der Waals surface area contributed by atoms with Crippen molar-refractivity contribution in [3.05, 3.63) is 108 Å². The third-order valence-electron chi connectivity index (χ3n) is 8.56. The molecule has 2 fully saturated rings. The maximum Gasteiger partial charge on any atom is 0.338 e. The minimum absolute atomic E-state index is 0.0891. The molecule has 3 aromatic rings. The molecule has 5 rings (SSSR count). The molecule has 0 aliphatic carbocycles. The molecule has 0 aromatic heterocycles. The van der Waals surface area contributed by atoms with Crippen molar-refractivity contribution in [1.29, 1.82) is 0 Å². The summed E-state index contributed by atoms with van der Waals surface area (Å²) in [5.74, 6) is -4.79. The van der Waals surface area contributed by atoms with E-state index in [1.807, 2.05) is 0 Å². The van der Waals surface area contributed by atoms with Crippen LogP contribution in [-0.2, 0) is 52.3 Å². The van der Waals surface area contributed by atoms with Gasteiger partial charge >= 0.3 is 29.8 Å². The van der Waals surface area contributed by atoms with Gasteiger partial charge in [0.1, 0.15) is 24.9 Å². The highest BCUT2D eigenvalue weighted by Gasteiger charge is 2.56. The number of hydrogen-bond acceptors (Lipinski definition) is 15. The summed E-state index contributed by atoms with van der Waals surface area (Å²) in [6.07, 6.45) is -13.8. The third-order valence-corrected chi connectivity index (χ3v) is 8.56. The fourth-order valence-corrected chi connectivity index (χ4v) is 6.10. The molecule has 0 spiro atoms. The van der Waals surface area contributed by atoms with Gasteiger partial charge in [-0.1, -0.05) is 54.6 Å². The first-order chi connectivity index (χ1) is 26.3. The van der Waals surface area contributed by atoms with E-state index in [1.165, 1.54) is 43.3 Å². The molecular weight excluding hydrogens is 722 g/mol. The summed E-state index contributed by atoms with van der Waals surface area (Å²) < 4.78 is 47.1. The molecule has 16 heteroatoms. The summed E-state index contributed by atoms with van der Waals surface area (Å²) in [6, 6.07) is 22.3. The van der Waals surface area contributed by atoms with E-state index < -0.39 is 104 Å². The van der Waals surface area contributed by atoms with Crippen LogP contribution in [0.15, 0.2) is 91.0 Å². The first-order valence-electron chi connectivity index (χ1n) is 17.3. The molecule has 2 aliphatic heterocycles. The molecule has 16 nitrogen and oxygen atoms in total. The highest BCUT2D eigenvalue weighted by Crippen LogP contribution is 2.35. The van der Waals surface area contributed by atoms with Crippen LogP contribution in [0.1, 0.15) is 58.8 Å². The van der Waals surface area contributed by atoms with Gasteiger partial charge in [0, 0.05) is 20.8 Å². The Hall–Kier alpha value is -5.68. The molecule has 2 heterocycles. The van der Waals surface area contributed by atoms with Crippen molar-refractivity contribution in [3.63, 3.8) is 0 Å². The topological polar surface area (TPSA) is 209 Å². The van der Waals surface area contributed by atoms with Crippen molar-refractivity contribution in [3.8, 4) is 0 Å². The van der Waals surface area contributed by atoms with E-state index >= 15 is 0 Å². The highest BCUT2D eigenvalue weighted by molar-refractivity contribution is 5.91. The van der Waals surface area contributed by atoms with Crippen molar-refractivity contribution in [2.45, 2.75) is 89.0 Å². The number of esters is 5. The van der Waals surface area contributed by atoms with E-state index in [9.17, 15) is 33.9 Å². The lowest BCUT2D eigenvalue weighted by Crippen LogP contribution is -2.68. The quantitative estimate of drug-likeness (QED) is 0.201. The Bertz CT molecular complexity index is 1810. The smallest absolute Gasteiger partial charge is 0.338 e. The molecule has 2 N–H and O–H groups in total. The Morgan fingerprint density at radius 1 is 0.600 bits per heavy atom. The first kappa shape index (κ1) is 40.5. The number of ether oxygens (including phenoxy) is 8. The summed E-state index contributed by atoms with van der Waals surface area (Å²) in [6.45, 7) is 4.33. The van der Waals surface area contributed by atoms with Gasteiger partial charge in [0.2, 0.25) is 5.91 Å². The predicted octanol–water partition coefficient (Wildman–Crippen LogP) is 2.51. The molecule has 0 radical (unpaired) electrons. The zero-order valence-corrected chi connectivity index (χ0v) is 30.3. The van der Waals surface area contributed by atoms with Crippen molar-refractivity contribution in [1.82, 2.24) is 5.32 Å². The summed E-state index contributed by atoms with van der Waals surface area (Å²) in [5.41, 5.74) is 0.370. The lowest BCUT2D eigenvalue weighted by molar-refractivity contribution is -0.340. The molecular formula is C39H41NO15. The zero-order chi connectivity index (χ0) is 39.6. The SMILES string of the molecule is CC(=O)NC1C(O)OC(COC(C)=O)C(OC2OC(C)C(OC(=O)c3ccccc3)C(OC(=O)c3ccccc3)C2OC(=O)c2ccccc2)C1OC(C)=O. The summed E-state index contributed by atoms with van der Waals surface area (Å²) in [7, 11) is 0. The monoisotopic (exact) mass is 763 g/mol. The molecule has 0 saturated carbocycles. The first-order valence-corrected chi connectivity index (χ1v) is 17.3. The van der Waals surface area contributed by atoms with Crippen LogP contribution in [-0.4, -0.2) is 109 Å². The summed E-state index contributed by atoms with van der Waals surface area (Å²) in [5, 5.41) is 13.4. The number of aliphatic hydroxyl groups excluding tert-OH is 1. The molecule has 55 heavy (non-hydrogen) atoms. The Morgan fingerprint density at radius 3 is 1.53 bits per heavy atom. The molecule has 0 bridgehead atoms. The summed E-state index contributed by atoms with van der Waals surface area (Å²) >= 11 is 0. The highest BCUT2D eigenvalue weighted by atomic mass is 16.7. The maximum atomic E-state index is 13.7. The lowest BCUT2D eigenvalue weighted by atomic mass is 9.95. The number of carbonyl (C=O) groups is 6. The van der Waals surface area contributed by atoms with Gasteiger partial charge in [-0.25, -0.2) is 14.4 Å². The second-order valence-corrected chi connectivity index (χ2v) is 12.7. The molecule has 2 aliphatic rings. The Kier molecular flexibility index (Phi) is 13.7. The van der Waals surface area contributed by atoms with E-state index in [-0.39, 0.29) is 16.7 Å². The van der Waals surface area contributed by atoms with Crippen LogP contribution in [0.4, 0.5) is 0 Å². The number of rotatable bonds is 12. The van der Waals surface area contributed by atoms with Gasteiger partial charge in [0.15, 0.2) is 37.0 Å². The summed E-state index contributed by atoms with van der Waals surface area (Å²) in [4.78, 5) is 77.4. The molecule has 10 atom stereocenters. The fourth-order valence-electron chi connectivity index (χ4n) is 6.10. The fraction of sp³-hybridized carbons (Fsp3) is 0.385. The standard InChI is InChI=1S/C39H41NO15/c1-21-30(52-35(44)25-14-8-5-9-15-25)33(53-36(45)26-16-10-6-11-17-26)34(54-37(46)27-18-12-7-13-19-27)39(49-21)55-31-28(20-48-23(3)42)51-38(47)29(40-22(2)41)32(31)50-24(4)43/h5-19,21,28-34,38-39,47H,20H2,1-4H3,(H,40,41). The van der Waals surface area contributed by atoms with Gasteiger partial charge < -0.3 is 48.3 Å². The number of nitrogens with one attached hydrogen (secondary N) is 1. The van der Waals surface area contributed by atoms with E-state index in [1.54, 1.807) is 54.6 Å². The van der Waals surface area contributed by atoms with Crippen molar-refractivity contribution in [2.24, 2.45) is 0 Å². The van der Waals surface area contributed by atoms with Crippen LogP contribution in [0.25, 0.3) is 0 Å². The van der Waals surface area contributed by atoms with E-state index in [4.69, 9.17) is 37.9 Å². The van der Waals surface area contributed by atoms with Crippen LogP contribution in [0, 0.1) is 0 Å². The lowest BCUT2D eigenvalue weighted by Gasteiger charge is -2.48. The average molecular weight is 764 g/mol. The van der Waals surface area contributed by atoms with Crippen molar-refractivity contribution < 1.29 is 71.8 Å². The number of benzene rings is 3. The Morgan fingerprint density at radius 2 is 1.07 bits per heavy atom. The largest absolute Gasteiger partial charge is 0.463 e.